The van der Waals surface area contributed by atoms with E-state index in [2.05, 4.69) is 19.9 Å². The van der Waals surface area contributed by atoms with Crippen LogP contribution in [0.4, 0.5) is 0 Å². The summed E-state index contributed by atoms with van der Waals surface area (Å²) in [6.45, 7) is 2.10. The van der Waals surface area contributed by atoms with E-state index in [4.69, 9.17) is 4.98 Å². The van der Waals surface area contributed by atoms with Crippen LogP contribution in [0.1, 0.15) is 41.4 Å². The van der Waals surface area contributed by atoms with Crippen LogP contribution in [0.2, 0.25) is 0 Å². The third-order valence-electron chi connectivity index (χ3n) is 4.26. The standard InChI is InChI=1S/C15H17N5O2/c21-14-11(6-17-15(22)19-14)8-20-4-3-12-10(7-20)5-16-13(18-12)9-1-2-9/h5-6,9H,1-4,7-8H2,(H2,17,19,21,22). The second kappa shape index (κ2) is 5.17. The molecular weight excluding hydrogens is 282 g/mol. The summed E-state index contributed by atoms with van der Waals surface area (Å²) in [4.78, 5) is 38.9. The number of hydrogen-bond acceptors (Lipinski definition) is 5. The lowest BCUT2D eigenvalue weighted by atomic mass is 10.1. The summed E-state index contributed by atoms with van der Waals surface area (Å²) < 4.78 is 0. The highest BCUT2D eigenvalue weighted by Crippen LogP contribution is 2.38. The zero-order valence-electron chi connectivity index (χ0n) is 12.1. The van der Waals surface area contributed by atoms with Crippen molar-refractivity contribution in [3.63, 3.8) is 0 Å². The molecule has 3 heterocycles. The van der Waals surface area contributed by atoms with Crippen molar-refractivity contribution in [1.29, 1.82) is 0 Å². The third kappa shape index (κ3) is 2.59. The van der Waals surface area contributed by atoms with Crippen molar-refractivity contribution >= 4 is 0 Å². The normalized spacial score (nSPS) is 18.2. The van der Waals surface area contributed by atoms with Gasteiger partial charge in [-0.15, -0.1) is 0 Å². The Morgan fingerprint density at radius 1 is 1.32 bits per heavy atom. The van der Waals surface area contributed by atoms with E-state index in [-0.39, 0.29) is 5.56 Å². The predicted octanol–water partition coefficient (Wildman–Crippen LogP) is 0.289. The van der Waals surface area contributed by atoms with Gasteiger partial charge in [0.2, 0.25) is 0 Å². The molecular formula is C15H17N5O2. The Balaban J connectivity index is 1.51. The Hall–Kier alpha value is -2.28. The lowest BCUT2D eigenvalue weighted by Crippen LogP contribution is -2.34. The zero-order chi connectivity index (χ0) is 15.1. The minimum absolute atomic E-state index is 0.324. The molecule has 2 N–H and O–H groups in total. The number of nitrogens with one attached hydrogen (secondary N) is 2. The molecule has 0 aromatic carbocycles. The molecule has 0 saturated heterocycles. The predicted molar refractivity (Wildman–Crippen MR) is 79.5 cm³/mol. The zero-order valence-corrected chi connectivity index (χ0v) is 12.1. The Kier molecular flexibility index (Phi) is 3.15. The van der Waals surface area contributed by atoms with Crippen molar-refractivity contribution in [2.24, 2.45) is 0 Å². The van der Waals surface area contributed by atoms with Crippen LogP contribution in [0.15, 0.2) is 22.0 Å². The van der Waals surface area contributed by atoms with Crippen LogP contribution in [-0.2, 0) is 19.5 Å². The fourth-order valence-electron chi connectivity index (χ4n) is 2.86. The van der Waals surface area contributed by atoms with Crippen molar-refractivity contribution in [3.05, 3.63) is 55.9 Å². The fraction of sp³-hybridized carbons (Fsp3) is 0.467. The first kappa shape index (κ1) is 13.4. The van der Waals surface area contributed by atoms with Gasteiger partial charge in [0.15, 0.2) is 0 Å². The maximum absolute atomic E-state index is 11.8. The van der Waals surface area contributed by atoms with Crippen molar-refractivity contribution in [2.75, 3.05) is 6.54 Å². The van der Waals surface area contributed by atoms with E-state index >= 15 is 0 Å². The van der Waals surface area contributed by atoms with Crippen LogP contribution in [0.25, 0.3) is 0 Å². The summed E-state index contributed by atoms with van der Waals surface area (Å²) in [6, 6.07) is 0. The SMILES string of the molecule is O=c1[nH]cc(CN2CCc3nc(C4CC4)ncc3C2)c(=O)[nH]1. The smallest absolute Gasteiger partial charge is 0.314 e. The largest absolute Gasteiger partial charge is 0.325 e. The molecule has 1 fully saturated rings. The van der Waals surface area contributed by atoms with Gasteiger partial charge in [-0.05, 0) is 12.8 Å². The average molecular weight is 299 g/mol. The average Bonchev–Trinajstić information content (AvgIpc) is 3.34. The van der Waals surface area contributed by atoms with Gasteiger partial charge in [-0.2, -0.15) is 0 Å². The number of aromatic amines is 2. The van der Waals surface area contributed by atoms with Gasteiger partial charge in [-0.3, -0.25) is 14.7 Å². The number of nitrogens with zero attached hydrogens (tertiary/aromatic N) is 3. The Bertz CT molecular complexity index is 821. The molecule has 0 atom stereocenters. The lowest BCUT2D eigenvalue weighted by Gasteiger charge is -2.27. The second-order valence-electron chi connectivity index (χ2n) is 6.03. The van der Waals surface area contributed by atoms with Crippen molar-refractivity contribution in [1.82, 2.24) is 24.8 Å². The summed E-state index contributed by atoms with van der Waals surface area (Å²) in [5.41, 5.74) is 2.05. The lowest BCUT2D eigenvalue weighted by molar-refractivity contribution is 0.241. The first-order valence-electron chi connectivity index (χ1n) is 7.57. The maximum Gasteiger partial charge on any atom is 0.325 e. The Morgan fingerprint density at radius 2 is 2.18 bits per heavy atom. The Labute approximate surface area is 126 Å². The van der Waals surface area contributed by atoms with Crippen LogP contribution in [0.5, 0.6) is 0 Å². The Morgan fingerprint density at radius 3 is 2.95 bits per heavy atom. The molecule has 7 nitrogen and oxygen atoms in total. The number of aromatic nitrogens is 4. The first-order valence-corrected chi connectivity index (χ1v) is 7.57. The van der Waals surface area contributed by atoms with Gasteiger partial charge < -0.3 is 4.98 Å². The highest BCUT2D eigenvalue weighted by atomic mass is 16.2. The van der Waals surface area contributed by atoms with Gasteiger partial charge in [0, 0.05) is 61.2 Å². The van der Waals surface area contributed by atoms with Crippen LogP contribution >= 0.6 is 0 Å². The molecule has 0 amide bonds. The third-order valence-corrected chi connectivity index (χ3v) is 4.26. The van der Waals surface area contributed by atoms with Gasteiger partial charge in [-0.1, -0.05) is 0 Å². The van der Waals surface area contributed by atoms with Gasteiger partial charge in [0.25, 0.3) is 5.56 Å². The van der Waals surface area contributed by atoms with Crippen molar-refractivity contribution in [3.8, 4) is 0 Å². The number of H-pyrrole nitrogens is 2. The minimum atomic E-state index is -0.473. The topological polar surface area (TPSA) is 94.7 Å². The van der Waals surface area contributed by atoms with E-state index in [1.165, 1.54) is 19.0 Å². The molecule has 2 aromatic rings. The van der Waals surface area contributed by atoms with E-state index in [1.807, 2.05) is 6.20 Å². The molecule has 4 rings (SSSR count). The van der Waals surface area contributed by atoms with Crippen LogP contribution in [0.3, 0.4) is 0 Å². The van der Waals surface area contributed by atoms with Crippen molar-refractivity contribution < 1.29 is 0 Å². The molecule has 1 saturated carbocycles. The number of rotatable bonds is 3. The van der Waals surface area contributed by atoms with Gasteiger partial charge in [0.1, 0.15) is 5.82 Å². The summed E-state index contributed by atoms with van der Waals surface area (Å²) in [5, 5.41) is 0. The quantitative estimate of drug-likeness (QED) is 0.849. The van der Waals surface area contributed by atoms with E-state index in [9.17, 15) is 9.59 Å². The van der Waals surface area contributed by atoms with Crippen molar-refractivity contribution in [2.45, 2.75) is 38.3 Å². The summed E-state index contributed by atoms with van der Waals surface area (Å²) in [7, 11) is 0. The van der Waals surface area contributed by atoms with Gasteiger partial charge in [-0.25, -0.2) is 14.8 Å². The maximum atomic E-state index is 11.8. The monoisotopic (exact) mass is 299 g/mol. The molecule has 1 aliphatic heterocycles. The van der Waals surface area contributed by atoms with E-state index < -0.39 is 5.69 Å². The summed E-state index contributed by atoms with van der Waals surface area (Å²) in [5.74, 6) is 1.56. The van der Waals surface area contributed by atoms with Crippen LogP contribution in [0, 0.1) is 0 Å². The number of fused-ring (bicyclic) bond motifs is 1. The molecule has 2 aliphatic rings. The highest BCUT2D eigenvalue weighted by molar-refractivity contribution is 5.23. The van der Waals surface area contributed by atoms with Crippen LogP contribution in [-0.4, -0.2) is 31.4 Å². The molecule has 1 aliphatic carbocycles. The highest BCUT2D eigenvalue weighted by Gasteiger charge is 2.28. The first-order chi connectivity index (χ1) is 10.7. The minimum Gasteiger partial charge on any atom is -0.314 e. The molecule has 7 heteroatoms. The molecule has 0 spiro atoms. The molecule has 0 unspecified atom stereocenters. The van der Waals surface area contributed by atoms with E-state index in [1.54, 1.807) is 0 Å². The van der Waals surface area contributed by atoms with E-state index in [0.717, 1.165) is 36.6 Å². The molecule has 114 valence electrons. The van der Waals surface area contributed by atoms with Crippen LogP contribution < -0.4 is 11.2 Å². The molecule has 2 aromatic heterocycles. The van der Waals surface area contributed by atoms with Gasteiger partial charge >= 0.3 is 5.69 Å². The molecule has 0 radical (unpaired) electrons. The molecule has 0 bridgehead atoms. The molecule has 22 heavy (non-hydrogen) atoms. The summed E-state index contributed by atoms with van der Waals surface area (Å²) in [6.07, 6.45) is 6.71. The van der Waals surface area contributed by atoms with E-state index in [0.29, 0.717) is 18.0 Å². The summed E-state index contributed by atoms with van der Waals surface area (Å²) >= 11 is 0. The second-order valence-corrected chi connectivity index (χ2v) is 6.03. The fourth-order valence-corrected chi connectivity index (χ4v) is 2.86. The number of hydrogen-bond donors (Lipinski definition) is 2. The van der Waals surface area contributed by atoms with Gasteiger partial charge in [0.05, 0.1) is 0 Å².